The highest BCUT2D eigenvalue weighted by Crippen LogP contribution is 2.33. The summed E-state index contributed by atoms with van der Waals surface area (Å²) in [5.41, 5.74) is 1.69. The molecule has 2 heterocycles. The number of thiazole rings is 1. The number of carbonyl (C=O) groups is 2. The number of aromatic nitrogens is 1. The van der Waals surface area contributed by atoms with Gasteiger partial charge in [-0.2, -0.15) is 0 Å². The summed E-state index contributed by atoms with van der Waals surface area (Å²) < 4.78 is 0.525. The van der Waals surface area contributed by atoms with Crippen LogP contribution in [0, 0.1) is 5.92 Å². The van der Waals surface area contributed by atoms with Crippen molar-refractivity contribution in [2.75, 3.05) is 5.32 Å². The number of carbonyl (C=O) groups excluding carboxylic acids is 2. The van der Waals surface area contributed by atoms with Gasteiger partial charge < -0.3 is 10.2 Å². The van der Waals surface area contributed by atoms with Gasteiger partial charge in [-0.15, -0.1) is 0 Å². The summed E-state index contributed by atoms with van der Waals surface area (Å²) in [4.78, 5) is 31.7. The second-order valence-corrected chi connectivity index (χ2v) is 8.61. The van der Waals surface area contributed by atoms with Crippen molar-refractivity contribution in [3.8, 4) is 0 Å². The molecule has 0 spiro atoms. The molecular formula is C19H20ClN3O2S. The summed E-state index contributed by atoms with van der Waals surface area (Å²) >= 11 is 7.14. The van der Waals surface area contributed by atoms with Gasteiger partial charge in [0, 0.05) is 12.1 Å². The minimum atomic E-state index is -0.485. The highest BCUT2D eigenvalue weighted by Gasteiger charge is 2.38. The van der Waals surface area contributed by atoms with Gasteiger partial charge in [0.2, 0.25) is 5.91 Å². The van der Waals surface area contributed by atoms with Gasteiger partial charge in [0.05, 0.1) is 6.20 Å². The fraction of sp³-hybridized carbons (Fsp3) is 0.421. The molecule has 1 N–H and O–H groups in total. The third-order valence-electron chi connectivity index (χ3n) is 5.27. The minimum Gasteiger partial charge on any atom is -0.322 e. The van der Waals surface area contributed by atoms with E-state index in [2.05, 4.69) is 10.3 Å². The van der Waals surface area contributed by atoms with Crippen molar-refractivity contribution in [2.24, 2.45) is 5.92 Å². The van der Waals surface area contributed by atoms with Crippen molar-refractivity contribution in [3.63, 3.8) is 0 Å². The van der Waals surface area contributed by atoms with Crippen molar-refractivity contribution < 1.29 is 9.59 Å². The zero-order chi connectivity index (χ0) is 18.1. The lowest BCUT2D eigenvalue weighted by atomic mass is 9.97. The standard InChI is InChI=1S/C19H20ClN3O2S/c20-16-10-21-19(26-16)22-17(24)15(9-12-5-1-2-6-12)23-11-13-7-3-4-8-14(13)18(23)25/h3-4,7-8,10,12,15H,1-2,5-6,9,11H2,(H,21,22,24). The first-order valence-corrected chi connectivity index (χ1v) is 10.1. The molecule has 1 aliphatic heterocycles. The minimum absolute atomic E-state index is 0.0593. The highest BCUT2D eigenvalue weighted by atomic mass is 35.5. The van der Waals surface area contributed by atoms with Crippen LogP contribution in [0.4, 0.5) is 5.13 Å². The molecule has 1 atom stereocenters. The SMILES string of the molecule is O=C(Nc1ncc(Cl)s1)C(CC1CCCC1)N1Cc2ccccc2C1=O. The maximum absolute atomic E-state index is 13.0. The average molecular weight is 390 g/mol. The molecule has 0 saturated heterocycles. The van der Waals surface area contributed by atoms with Crippen LogP contribution < -0.4 is 5.32 Å². The van der Waals surface area contributed by atoms with Crippen LogP contribution in [0.5, 0.6) is 0 Å². The van der Waals surface area contributed by atoms with Crippen LogP contribution in [0.25, 0.3) is 0 Å². The zero-order valence-electron chi connectivity index (χ0n) is 14.3. The molecule has 1 saturated carbocycles. The number of rotatable bonds is 5. The molecular weight excluding hydrogens is 370 g/mol. The molecule has 0 bridgehead atoms. The molecule has 1 aromatic heterocycles. The maximum atomic E-state index is 13.0. The van der Waals surface area contributed by atoms with Gasteiger partial charge in [-0.1, -0.05) is 66.8 Å². The Morgan fingerprint density at radius 1 is 1.35 bits per heavy atom. The Hall–Kier alpha value is -1.92. The second kappa shape index (κ2) is 7.37. The predicted molar refractivity (Wildman–Crippen MR) is 102 cm³/mol. The predicted octanol–water partition coefficient (Wildman–Crippen LogP) is 4.34. The highest BCUT2D eigenvalue weighted by molar-refractivity contribution is 7.19. The lowest BCUT2D eigenvalue weighted by molar-refractivity contribution is -0.121. The molecule has 5 nitrogen and oxygen atoms in total. The van der Waals surface area contributed by atoms with E-state index in [0.717, 1.165) is 18.4 Å². The normalized spacial score (nSPS) is 18.2. The van der Waals surface area contributed by atoms with E-state index in [9.17, 15) is 9.59 Å². The van der Waals surface area contributed by atoms with Gasteiger partial charge in [0.1, 0.15) is 10.4 Å². The van der Waals surface area contributed by atoms with Gasteiger partial charge in [0.15, 0.2) is 5.13 Å². The molecule has 2 aromatic rings. The van der Waals surface area contributed by atoms with Crippen LogP contribution in [0.2, 0.25) is 4.34 Å². The van der Waals surface area contributed by atoms with E-state index < -0.39 is 6.04 Å². The first kappa shape index (κ1) is 17.5. The van der Waals surface area contributed by atoms with E-state index in [1.54, 1.807) is 4.90 Å². The number of fused-ring (bicyclic) bond motifs is 1. The number of amides is 2. The maximum Gasteiger partial charge on any atom is 0.255 e. The molecule has 1 unspecified atom stereocenters. The summed E-state index contributed by atoms with van der Waals surface area (Å²) in [6.45, 7) is 0.485. The largest absolute Gasteiger partial charge is 0.322 e. The first-order valence-electron chi connectivity index (χ1n) is 8.93. The third kappa shape index (κ3) is 3.48. The Labute approximate surface area is 161 Å². The molecule has 26 heavy (non-hydrogen) atoms. The molecule has 1 fully saturated rings. The average Bonchev–Trinajstić information content (AvgIpc) is 3.35. The van der Waals surface area contributed by atoms with Crippen molar-refractivity contribution >= 4 is 39.9 Å². The number of benzene rings is 1. The van der Waals surface area contributed by atoms with E-state index in [4.69, 9.17) is 11.6 Å². The molecule has 2 amide bonds. The van der Waals surface area contributed by atoms with E-state index in [0.29, 0.717) is 33.9 Å². The van der Waals surface area contributed by atoms with Gasteiger partial charge in [-0.05, 0) is 24.0 Å². The summed E-state index contributed by atoms with van der Waals surface area (Å²) in [7, 11) is 0. The van der Waals surface area contributed by atoms with Crippen LogP contribution in [0.3, 0.4) is 0 Å². The lowest BCUT2D eigenvalue weighted by Crippen LogP contribution is -2.45. The van der Waals surface area contributed by atoms with Crippen LogP contribution >= 0.6 is 22.9 Å². The quantitative estimate of drug-likeness (QED) is 0.827. The van der Waals surface area contributed by atoms with E-state index in [1.807, 2.05) is 24.3 Å². The van der Waals surface area contributed by atoms with Crippen molar-refractivity contribution in [1.29, 1.82) is 0 Å². The smallest absolute Gasteiger partial charge is 0.255 e. The number of anilines is 1. The molecule has 1 aliphatic carbocycles. The van der Waals surface area contributed by atoms with Crippen LogP contribution in [0.15, 0.2) is 30.5 Å². The monoisotopic (exact) mass is 389 g/mol. The Morgan fingerprint density at radius 3 is 2.81 bits per heavy atom. The van der Waals surface area contributed by atoms with Gasteiger partial charge in [-0.25, -0.2) is 4.98 Å². The molecule has 0 radical (unpaired) electrons. The molecule has 4 rings (SSSR count). The van der Waals surface area contributed by atoms with Gasteiger partial charge >= 0.3 is 0 Å². The number of nitrogens with one attached hydrogen (secondary N) is 1. The summed E-state index contributed by atoms with van der Waals surface area (Å²) in [5, 5.41) is 3.32. The van der Waals surface area contributed by atoms with E-state index in [-0.39, 0.29) is 11.8 Å². The molecule has 1 aromatic carbocycles. The zero-order valence-corrected chi connectivity index (χ0v) is 15.9. The summed E-state index contributed by atoms with van der Waals surface area (Å²) in [5.74, 6) is 0.252. The van der Waals surface area contributed by atoms with Gasteiger partial charge in [-0.3, -0.25) is 9.59 Å². The number of hydrogen-bond acceptors (Lipinski definition) is 4. The molecule has 2 aliphatic rings. The van der Waals surface area contributed by atoms with Gasteiger partial charge in [0.25, 0.3) is 5.91 Å². The fourth-order valence-corrected chi connectivity index (χ4v) is 4.78. The Balaban J connectivity index is 1.56. The lowest BCUT2D eigenvalue weighted by Gasteiger charge is -2.28. The number of nitrogens with zero attached hydrogens (tertiary/aromatic N) is 2. The van der Waals surface area contributed by atoms with Crippen molar-refractivity contribution in [2.45, 2.75) is 44.7 Å². The number of hydrogen-bond donors (Lipinski definition) is 1. The Morgan fingerprint density at radius 2 is 2.12 bits per heavy atom. The third-order valence-corrected chi connectivity index (χ3v) is 6.30. The van der Waals surface area contributed by atoms with E-state index >= 15 is 0 Å². The van der Waals surface area contributed by atoms with Crippen LogP contribution in [-0.4, -0.2) is 27.7 Å². The summed E-state index contributed by atoms with van der Waals surface area (Å²) in [6.07, 6.45) is 6.88. The Bertz CT molecular complexity index is 832. The van der Waals surface area contributed by atoms with E-state index in [1.165, 1.54) is 30.4 Å². The topological polar surface area (TPSA) is 62.3 Å². The summed E-state index contributed by atoms with van der Waals surface area (Å²) in [6, 6.07) is 7.10. The molecule has 7 heteroatoms. The van der Waals surface area contributed by atoms with Crippen molar-refractivity contribution in [1.82, 2.24) is 9.88 Å². The second-order valence-electron chi connectivity index (χ2n) is 6.95. The molecule has 136 valence electrons. The van der Waals surface area contributed by atoms with Crippen molar-refractivity contribution in [3.05, 3.63) is 45.9 Å². The first-order chi connectivity index (χ1) is 12.6. The number of halogens is 1. The Kier molecular flexibility index (Phi) is 4.96. The van der Waals surface area contributed by atoms with Crippen LogP contribution in [-0.2, 0) is 11.3 Å². The van der Waals surface area contributed by atoms with Crippen LogP contribution in [0.1, 0.15) is 48.0 Å². The fourth-order valence-electron chi connectivity index (χ4n) is 3.97.